The molecule has 0 spiro atoms. The minimum absolute atomic E-state index is 0.171. The van der Waals surface area contributed by atoms with Crippen LogP contribution >= 0.6 is 23.1 Å². The van der Waals surface area contributed by atoms with Crippen LogP contribution in [0.2, 0.25) is 0 Å². The number of nitrogens with zero attached hydrogens (tertiary/aromatic N) is 2. The first kappa shape index (κ1) is 19.3. The van der Waals surface area contributed by atoms with E-state index in [1.807, 2.05) is 26.0 Å². The van der Waals surface area contributed by atoms with Gasteiger partial charge in [-0.05, 0) is 44.5 Å². The molecule has 1 amide bonds. The second-order valence-corrected chi connectivity index (χ2v) is 8.61. The van der Waals surface area contributed by atoms with E-state index in [1.165, 1.54) is 40.8 Å². The molecule has 0 aliphatic heterocycles. The highest BCUT2D eigenvalue weighted by molar-refractivity contribution is 8.02. The van der Waals surface area contributed by atoms with Gasteiger partial charge in [-0.3, -0.25) is 4.79 Å². The number of amides is 1. The van der Waals surface area contributed by atoms with E-state index in [2.05, 4.69) is 26.9 Å². The van der Waals surface area contributed by atoms with Crippen LogP contribution in [0.3, 0.4) is 0 Å². The first-order chi connectivity index (χ1) is 12.9. The van der Waals surface area contributed by atoms with Gasteiger partial charge in [0.05, 0.1) is 10.9 Å². The van der Waals surface area contributed by atoms with Crippen LogP contribution in [0, 0.1) is 19.7 Å². The third-order valence-electron chi connectivity index (χ3n) is 3.81. The quantitative estimate of drug-likeness (QED) is 0.558. The van der Waals surface area contributed by atoms with Crippen LogP contribution in [0.25, 0.3) is 0 Å². The Bertz CT molecular complexity index is 960. The molecule has 0 saturated heterocycles. The molecule has 0 aliphatic rings. The van der Waals surface area contributed by atoms with Gasteiger partial charge in [-0.25, -0.2) is 4.39 Å². The number of nitrogens with one attached hydrogen (secondary N) is 2. The molecule has 1 heterocycles. The second-order valence-electron chi connectivity index (χ2n) is 6.05. The van der Waals surface area contributed by atoms with Crippen LogP contribution in [0.5, 0.6) is 0 Å². The summed E-state index contributed by atoms with van der Waals surface area (Å²) in [5.74, 6) is -0.747. The number of carbonyl (C=O) groups is 1. The van der Waals surface area contributed by atoms with Gasteiger partial charge in [0.15, 0.2) is 4.34 Å². The van der Waals surface area contributed by atoms with E-state index < -0.39 is 11.1 Å². The van der Waals surface area contributed by atoms with Crippen molar-refractivity contribution in [2.24, 2.45) is 0 Å². The molecule has 0 aliphatic carbocycles. The van der Waals surface area contributed by atoms with Crippen molar-refractivity contribution in [3.05, 3.63) is 59.4 Å². The van der Waals surface area contributed by atoms with Crippen molar-refractivity contribution in [2.45, 2.75) is 30.4 Å². The molecule has 2 aromatic carbocycles. The van der Waals surface area contributed by atoms with Crippen molar-refractivity contribution < 1.29 is 9.18 Å². The molecule has 27 heavy (non-hydrogen) atoms. The third kappa shape index (κ3) is 5.05. The lowest BCUT2D eigenvalue weighted by Gasteiger charge is -2.10. The zero-order valence-corrected chi connectivity index (χ0v) is 16.7. The van der Waals surface area contributed by atoms with Crippen molar-refractivity contribution in [3.8, 4) is 0 Å². The fourth-order valence-corrected chi connectivity index (χ4v) is 4.29. The maximum atomic E-state index is 13.7. The molecule has 140 valence electrons. The van der Waals surface area contributed by atoms with Gasteiger partial charge in [0.25, 0.3) is 0 Å². The Morgan fingerprint density at radius 1 is 1.15 bits per heavy atom. The number of thioether (sulfide) groups is 1. The normalized spacial score (nSPS) is 11.9. The number of hydrogen-bond donors (Lipinski definition) is 2. The fourth-order valence-electron chi connectivity index (χ4n) is 2.38. The summed E-state index contributed by atoms with van der Waals surface area (Å²) in [6, 6.07) is 12.2. The number of hydrogen-bond acceptors (Lipinski definition) is 6. The smallest absolute Gasteiger partial charge is 0.237 e. The Kier molecular flexibility index (Phi) is 6.08. The highest BCUT2D eigenvalue weighted by atomic mass is 32.2. The largest absolute Gasteiger partial charge is 0.330 e. The van der Waals surface area contributed by atoms with E-state index >= 15 is 0 Å². The van der Waals surface area contributed by atoms with Gasteiger partial charge in [-0.2, -0.15) is 0 Å². The molecule has 0 unspecified atom stereocenters. The average molecular weight is 403 g/mol. The Balaban J connectivity index is 1.61. The van der Waals surface area contributed by atoms with Crippen molar-refractivity contribution in [2.75, 3.05) is 10.6 Å². The van der Waals surface area contributed by atoms with Gasteiger partial charge in [-0.1, -0.05) is 52.9 Å². The lowest BCUT2D eigenvalue weighted by atomic mass is 10.1. The van der Waals surface area contributed by atoms with Gasteiger partial charge in [0, 0.05) is 5.69 Å². The van der Waals surface area contributed by atoms with E-state index in [9.17, 15) is 9.18 Å². The number of carbonyl (C=O) groups excluding carboxylic acids is 1. The molecule has 5 nitrogen and oxygen atoms in total. The van der Waals surface area contributed by atoms with Crippen LogP contribution in [-0.4, -0.2) is 21.4 Å². The second kappa shape index (κ2) is 8.49. The summed E-state index contributed by atoms with van der Waals surface area (Å²) in [5, 5.41) is 14.3. The van der Waals surface area contributed by atoms with E-state index in [0.29, 0.717) is 9.47 Å². The summed E-state index contributed by atoms with van der Waals surface area (Å²) in [7, 11) is 0. The zero-order valence-electron chi connectivity index (χ0n) is 15.1. The Morgan fingerprint density at radius 3 is 2.67 bits per heavy atom. The summed E-state index contributed by atoms with van der Waals surface area (Å²) >= 11 is 2.66. The van der Waals surface area contributed by atoms with Gasteiger partial charge in [-0.15, -0.1) is 10.2 Å². The number of rotatable bonds is 6. The van der Waals surface area contributed by atoms with E-state index in [-0.39, 0.29) is 11.6 Å². The highest BCUT2D eigenvalue weighted by Crippen LogP contribution is 2.31. The lowest BCUT2D eigenvalue weighted by Crippen LogP contribution is -2.22. The molecule has 3 rings (SSSR count). The minimum Gasteiger partial charge on any atom is -0.330 e. The highest BCUT2D eigenvalue weighted by Gasteiger charge is 2.18. The van der Waals surface area contributed by atoms with Crippen molar-refractivity contribution in [1.29, 1.82) is 0 Å². The number of para-hydroxylation sites is 1. The molecule has 0 saturated carbocycles. The Morgan fingerprint density at radius 2 is 1.93 bits per heavy atom. The maximum Gasteiger partial charge on any atom is 0.237 e. The Hall–Kier alpha value is -2.45. The van der Waals surface area contributed by atoms with Crippen LogP contribution in [0.4, 0.5) is 20.9 Å². The molecule has 2 N–H and O–H groups in total. The predicted molar refractivity (Wildman–Crippen MR) is 109 cm³/mol. The molecule has 1 aromatic heterocycles. The third-order valence-corrected chi connectivity index (χ3v) is 5.83. The zero-order chi connectivity index (χ0) is 19.4. The standard InChI is InChI=1S/C19H19FN4OS2/c1-11-8-9-15(12(2)10-11)22-18-23-24-19(27-18)26-13(3)17(25)21-16-7-5-4-6-14(16)20/h4-10,13H,1-3H3,(H,21,25)(H,22,23)/t13-/m0/s1. The van der Waals surface area contributed by atoms with Crippen molar-refractivity contribution >= 4 is 45.5 Å². The van der Waals surface area contributed by atoms with E-state index in [0.717, 1.165) is 11.3 Å². The first-order valence-electron chi connectivity index (χ1n) is 8.32. The van der Waals surface area contributed by atoms with Gasteiger partial charge < -0.3 is 10.6 Å². The number of halogens is 1. The lowest BCUT2D eigenvalue weighted by molar-refractivity contribution is -0.115. The average Bonchev–Trinajstić information content (AvgIpc) is 3.06. The molecule has 0 radical (unpaired) electrons. The molecule has 1 atom stereocenters. The minimum atomic E-state index is -0.459. The number of benzene rings is 2. The molecule has 0 fully saturated rings. The molecule has 3 aromatic rings. The summed E-state index contributed by atoms with van der Waals surface area (Å²) in [6.45, 7) is 5.82. The van der Waals surface area contributed by atoms with Crippen molar-refractivity contribution in [1.82, 2.24) is 10.2 Å². The van der Waals surface area contributed by atoms with E-state index in [1.54, 1.807) is 19.1 Å². The monoisotopic (exact) mass is 402 g/mol. The van der Waals surface area contributed by atoms with Gasteiger partial charge in [0.1, 0.15) is 5.82 Å². The van der Waals surface area contributed by atoms with Crippen LogP contribution in [-0.2, 0) is 4.79 Å². The molecular weight excluding hydrogens is 383 g/mol. The topological polar surface area (TPSA) is 66.9 Å². The fraction of sp³-hybridized carbons (Fsp3) is 0.211. The molecule has 8 heteroatoms. The Labute approximate surface area is 165 Å². The number of anilines is 3. The summed E-state index contributed by atoms with van der Waals surface area (Å²) in [6.07, 6.45) is 0. The van der Waals surface area contributed by atoms with Crippen LogP contribution in [0.1, 0.15) is 18.1 Å². The molecule has 0 bridgehead atoms. The van der Waals surface area contributed by atoms with Crippen molar-refractivity contribution in [3.63, 3.8) is 0 Å². The summed E-state index contributed by atoms with van der Waals surface area (Å²) < 4.78 is 14.3. The maximum absolute atomic E-state index is 13.7. The van der Waals surface area contributed by atoms with Gasteiger partial charge in [0.2, 0.25) is 11.0 Å². The van der Waals surface area contributed by atoms with Crippen LogP contribution < -0.4 is 10.6 Å². The predicted octanol–water partition coefficient (Wildman–Crippen LogP) is 5.16. The number of aromatic nitrogens is 2. The number of aryl methyl sites for hydroxylation is 2. The van der Waals surface area contributed by atoms with Gasteiger partial charge >= 0.3 is 0 Å². The van der Waals surface area contributed by atoms with E-state index in [4.69, 9.17) is 0 Å². The summed E-state index contributed by atoms with van der Waals surface area (Å²) in [5.41, 5.74) is 3.46. The molecular formula is C19H19FN4OS2. The SMILES string of the molecule is Cc1ccc(Nc2nnc(S[C@@H](C)C(=O)Nc3ccccc3F)s2)c(C)c1. The first-order valence-corrected chi connectivity index (χ1v) is 10.0. The van der Waals surface area contributed by atoms with Crippen LogP contribution in [0.15, 0.2) is 46.8 Å². The summed E-state index contributed by atoms with van der Waals surface area (Å²) in [4.78, 5) is 12.3.